The van der Waals surface area contributed by atoms with Crippen molar-refractivity contribution in [2.75, 3.05) is 5.32 Å². The summed E-state index contributed by atoms with van der Waals surface area (Å²) in [6.07, 6.45) is 0. The van der Waals surface area contributed by atoms with Crippen LogP contribution in [0.15, 0.2) is 39.3 Å². The average Bonchev–Trinajstić information content (AvgIpc) is 2.37. The summed E-state index contributed by atoms with van der Waals surface area (Å²) in [6, 6.07) is 8.59. The van der Waals surface area contributed by atoms with Gasteiger partial charge in [0, 0.05) is 17.8 Å². The Labute approximate surface area is 127 Å². The molecule has 0 aliphatic carbocycles. The quantitative estimate of drug-likeness (QED) is 0.777. The fraction of sp³-hybridized carbons (Fsp3) is 0.143. The van der Waals surface area contributed by atoms with Gasteiger partial charge in [0.25, 0.3) is 0 Å². The third-order valence-corrected chi connectivity index (χ3v) is 4.04. The van der Waals surface area contributed by atoms with E-state index < -0.39 is 0 Å². The van der Waals surface area contributed by atoms with Crippen LogP contribution in [0.3, 0.4) is 0 Å². The van der Waals surface area contributed by atoms with Crippen molar-refractivity contribution in [3.63, 3.8) is 0 Å². The highest BCUT2D eigenvalue weighted by atomic mass is 79.9. The Bertz CT molecular complexity index is 593. The van der Waals surface area contributed by atoms with Crippen LogP contribution in [0.2, 0.25) is 0 Å². The summed E-state index contributed by atoms with van der Waals surface area (Å²) in [6.45, 7) is 2.28. The van der Waals surface area contributed by atoms with Gasteiger partial charge in [-0.3, -0.25) is 0 Å². The third kappa shape index (κ3) is 3.28. The van der Waals surface area contributed by atoms with Crippen LogP contribution in [0.25, 0.3) is 0 Å². The molecule has 0 saturated heterocycles. The molecule has 100 valence electrons. The number of nitrogens with one attached hydrogen (secondary N) is 1. The van der Waals surface area contributed by atoms with Crippen molar-refractivity contribution in [3.8, 4) is 5.75 Å². The standard InChI is InChI=1S/C14H12Br2FNO/c1-8-12(17)3-2-4-13(8)18-7-9-5-10(15)14(19)11(16)6-9/h2-6,18-19H,7H2,1H3. The minimum Gasteiger partial charge on any atom is -0.506 e. The molecule has 0 amide bonds. The molecule has 19 heavy (non-hydrogen) atoms. The lowest BCUT2D eigenvalue weighted by Gasteiger charge is -2.11. The van der Waals surface area contributed by atoms with Gasteiger partial charge in [0.1, 0.15) is 11.6 Å². The van der Waals surface area contributed by atoms with Crippen LogP contribution in [0.1, 0.15) is 11.1 Å². The summed E-state index contributed by atoms with van der Waals surface area (Å²) in [5.41, 5.74) is 2.33. The number of halogens is 3. The van der Waals surface area contributed by atoms with Crippen molar-refractivity contribution in [1.82, 2.24) is 0 Å². The van der Waals surface area contributed by atoms with Crippen LogP contribution in [0.5, 0.6) is 5.75 Å². The van der Waals surface area contributed by atoms with Gasteiger partial charge in [-0.2, -0.15) is 0 Å². The lowest BCUT2D eigenvalue weighted by atomic mass is 10.1. The summed E-state index contributed by atoms with van der Waals surface area (Å²) >= 11 is 6.56. The van der Waals surface area contributed by atoms with Gasteiger partial charge in [-0.1, -0.05) is 6.07 Å². The van der Waals surface area contributed by atoms with Gasteiger partial charge >= 0.3 is 0 Å². The van der Waals surface area contributed by atoms with E-state index in [1.165, 1.54) is 6.07 Å². The van der Waals surface area contributed by atoms with Crippen LogP contribution >= 0.6 is 31.9 Å². The molecule has 2 nitrogen and oxygen atoms in total. The Morgan fingerprint density at radius 1 is 1.21 bits per heavy atom. The maximum atomic E-state index is 13.4. The first-order valence-electron chi connectivity index (χ1n) is 5.65. The van der Waals surface area contributed by atoms with E-state index in [2.05, 4.69) is 37.2 Å². The van der Waals surface area contributed by atoms with Crippen LogP contribution in [-0.2, 0) is 6.54 Å². The lowest BCUT2D eigenvalue weighted by molar-refractivity contribution is 0.468. The van der Waals surface area contributed by atoms with E-state index in [4.69, 9.17) is 0 Å². The highest BCUT2D eigenvalue weighted by molar-refractivity contribution is 9.11. The second-order valence-electron chi connectivity index (χ2n) is 4.17. The summed E-state index contributed by atoms with van der Waals surface area (Å²) < 4.78 is 14.6. The van der Waals surface area contributed by atoms with E-state index in [-0.39, 0.29) is 11.6 Å². The molecule has 2 rings (SSSR count). The van der Waals surface area contributed by atoms with Crippen LogP contribution < -0.4 is 5.32 Å². The van der Waals surface area contributed by atoms with Crippen LogP contribution in [0, 0.1) is 12.7 Å². The summed E-state index contributed by atoms with van der Waals surface area (Å²) in [4.78, 5) is 0. The number of anilines is 1. The maximum Gasteiger partial charge on any atom is 0.143 e. The Kier molecular flexibility index (Phi) is 4.47. The van der Waals surface area contributed by atoms with Crippen molar-refractivity contribution >= 4 is 37.5 Å². The molecule has 0 heterocycles. The first-order valence-corrected chi connectivity index (χ1v) is 7.23. The van der Waals surface area contributed by atoms with Gasteiger partial charge in [0.05, 0.1) is 8.95 Å². The monoisotopic (exact) mass is 387 g/mol. The van der Waals surface area contributed by atoms with Gasteiger partial charge in [-0.05, 0) is 68.6 Å². The molecule has 0 atom stereocenters. The second kappa shape index (κ2) is 5.92. The molecule has 0 spiro atoms. The van der Waals surface area contributed by atoms with E-state index in [1.807, 2.05) is 18.2 Å². The minimum atomic E-state index is -0.224. The molecule has 0 radical (unpaired) electrons. The highest BCUT2D eigenvalue weighted by Gasteiger charge is 2.07. The predicted molar refractivity (Wildman–Crippen MR) is 82.0 cm³/mol. The van der Waals surface area contributed by atoms with Crippen LogP contribution in [0.4, 0.5) is 10.1 Å². The van der Waals surface area contributed by atoms with Crippen molar-refractivity contribution in [1.29, 1.82) is 0 Å². The van der Waals surface area contributed by atoms with Gasteiger partial charge in [-0.25, -0.2) is 4.39 Å². The van der Waals surface area contributed by atoms with E-state index in [9.17, 15) is 9.50 Å². The summed E-state index contributed by atoms with van der Waals surface area (Å²) in [7, 11) is 0. The van der Waals surface area contributed by atoms with Crippen LogP contribution in [-0.4, -0.2) is 5.11 Å². The lowest BCUT2D eigenvalue weighted by Crippen LogP contribution is -2.02. The fourth-order valence-electron chi connectivity index (χ4n) is 1.72. The topological polar surface area (TPSA) is 32.3 Å². The Morgan fingerprint density at radius 2 is 1.84 bits per heavy atom. The zero-order chi connectivity index (χ0) is 14.0. The van der Waals surface area contributed by atoms with Crippen molar-refractivity contribution in [2.45, 2.75) is 13.5 Å². The molecule has 0 unspecified atom stereocenters. The third-order valence-electron chi connectivity index (χ3n) is 2.83. The van der Waals surface area contributed by atoms with Crippen molar-refractivity contribution in [3.05, 3.63) is 56.2 Å². The molecular formula is C14H12Br2FNO. The highest BCUT2D eigenvalue weighted by Crippen LogP contribution is 2.33. The van der Waals surface area contributed by atoms with E-state index in [0.29, 0.717) is 21.1 Å². The number of hydrogen-bond acceptors (Lipinski definition) is 2. The van der Waals surface area contributed by atoms with E-state index in [1.54, 1.807) is 13.0 Å². The molecule has 2 N–H and O–H groups in total. The fourth-order valence-corrected chi connectivity index (χ4v) is 3.00. The molecule has 0 aromatic heterocycles. The first kappa shape index (κ1) is 14.3. The number of rotatable bonds is 3. The number of aromatic hydroxyl groups is 1. The molecule has 0 fully saturated rings. The Morgan fingerprint density at radius 3 is 2.47 bits per heavy atom. The smallest absolute Gasteiger partial charge is 0.143 e. The number of hydrogen-bond donors (Lipinski definition) is 2. The van der Waals surface area contributed by atoms with Gasteiger partial charge in [0.2, 0.25) is 0 Å². The molecule has 0 bridgehead atoms. The Hall–Kier alpha value is -1.07. The SMILES string of the molecule is Cc1c(F)cccc1NCc1cc(Br)c(O)c(Br)c1. The number of benzene rings is 2. The predicted octanol–water partition coefficient (Wildman–Crippen LogP) is 4.98. The van der Waals surface area contributed by atoms with Gasteiger partial charge < -0.3 is 10.4 Å². The zero-order valence-corrected chi connectivity index (χ0v) is 13.3. The molecule has 2 aromatic carbocycles. The minimum absolute atomic E-state index is 0.172. The second-order valence-corrected chi connectivity index (χ2v) is 5.88. The van der Waals surface area contributed by atoms with Crippen molar-refractivity contribution < 1.29 is 9.50 Å². The normalized spacial score (nSPS) is 10.5. The Balaban J connectivity index is 2.17. The summed E-state index contributed by atoms with van der Waals surface area (Å²) in [5, 5.41) is 12.8. The zero-order valence-electron chi connectivity index (χ0n) is 10.2. The van der Waals surface area contributed by atoms with Gasteiger partial charge in [-0.15, -0.1) is 0 Å². The van der Waals surface area contributed by atoms with Gasteiger partial charge in [0.15, 0.2) is 0 Å². The molecule has 0 saturated carbocycles. The van der Waals surface area contributed by atoms with Crippen molar-refractivity contribution in [2.24, 2.45) is 0 Å². The molecule has 2 aromatic rings. The van der Waals surface area contributed by atoms with E-state index >= 15 is 0 Å². The molecule has 0 aliphatic heterocycles. The first-order chi connectivity index (χ1) is 8.99. The van der Waals surface area contributed by atoms with E-state index in [0.717, 1.165) is 11.3 Å². The summed E-state index contributed by atoms with van der Waals surface area (Å²) in [5.74, 6) is -0.0521. The number of phenols is 1. The maximum absolute atomic E-state index is 13.4. The average molecular weight is 389 g/mol. The molecule has 5 heteroatoms. The number of phenolic OH excluding ortho intramolecular Hbond substituents is 1. The molecule has 0 aliphatic rings. The molecular weight excluding hydrogens is 377 g/mol. The largest absolute Gasteiger partial charge is 0.506 e.